The van der Waals surface area contributed by atoms with Gasteiger partial charge < -0.3 is 9.88 Å². The van der Waals surface area contributed by atoms with Crippen LogP contribution in [0.2, 0.25) is 0 Å². The SMILES string of the molecule is CCn1cnc2c1CCNC2c1ccc(C)cc1C. The minimum Gasteiger partial charge on any atom is -0.334 e. The molecule has 1 aromatic carbocycles. The van der Waals surface area contributed by atoms with Crippen LogP contribution in [0.5, 0.6) is 0 Å². The van der Waals surface area contributed by atoms with Crippen LogP contribution in [0.3, 0.4) is 0 Å². The van der Waals surface area contributed by atoms with Crippen LogP contribution in [0.25, 0.3) is 0 Å². The van der Waals surface area contributed by atoms with E-state index in [0.717, 1.165) is 19.5 Å². The number of imidazole rings is 1. The highest BCUT2D eigenvalue weighted by molar-refractivity contribution is 5.39. The molecule has 3 rings (SSSR count). The molecular weight excluding hydrogens is 234 g/mol. The number of fused-ring (bicyclic) bond motifs is 1. The van der Waals surface area contributed by atoms with Gasteiger partial charge in [-0.1, -0.05) is 23.8 Å². The topological polar surface area (TPSA) is 29.9 Å². The molecule has 1 aromatic heterocycles. The molecule has 2 heterocycles. The molecule has 3 nitrogen and oxygen atoms in total. The molecule has 2 aromatic rings. The van der Waals surface area contributed by atoms with Gasteiger partial charge in [0.2, 0.25) is 0 Å². The Morgan fingerprint density at radius 1 is 1.37 bits per heavy atom. The van der Waals surface area contributed by atoms with Crippen LogP contribution >= 0.6 is 0 Å². The fourth-order valence-corrected chi connectivity index (χ4v) is 3.05. The second-order valence-corrected chi connectivity index (χ2v) is 5.36. The zero-order valence-corrected chi connectivity index (χ0v) is 11.9. The van der Waals surface area contributed by atoms with E-state index in [1.807, 2.05) is 6.33 Å². The third kappa shape index (κ3) is 2.08. The third-order valence-corrected chi connectivity index (χ3v) is 4.04. The highest BCUT2D eigenvalue weighted by Gasteiger charge is 2.26. The maximum absolute atomic E-state index is 4.65. The fourth-order valence-electron chi connectivity index (χ4n) is 3.05. The largest absolute Gasteiger partial charge is 0.334 e. The molecule has 0 radical (unpaired) electrons. The van der Waals surface area contributed by atoms with E-state index >= 15 is 0 Å². The van der Waals surface area contributed by atoms with Gasteiger partial charge in [0.1, 0.15) is 0 Å². The molecule has 1 aliphatic rings. The van der Waals surface area contributed by atoms with Crippen molar-refractivity contribution in [2.75, 3.05) is 6.54 Å². The summed E-state index contributed by atoms with van der Waals surface area (Å²) in [5.74, 6) is 0. The van der Waals surface area contributed by atoms with Gasteiger partial charge in [0, 0.05) is 25.2 Å². The second kappa shape index (κ2) is 4.82. The Labute approximate surface area is 114 Å². The highest BCUT2D eigenvalue weighted by atomic mass is 15.1. The lowest BCUT2D eigenvalue weighted by Gasteiger charge is -2.26. The third-order valence-electron chi connectivity index (χ3n) is 4.04. The van der Waals surface area contributed by atoms with Crippen LogP contribution in [0.4, 0.5) is 0 Å². The molecule has 0 fully saturated rings. The maximum atomic E-state index is 4.65. The lowest BCUT2D eigenvalue weighted by atomic mass is 9.93. The van der Waals surface area contributed by atoms with Gasteiger partial charge in [0.25, 0.3) is 0 Å². The molecule has 0 bridgehead atoms. The van der Waals surface area contributed by atoms with Crippen molar-refractivity contribution in [1.29, 1.82) is 0 Å². The molecule has 100 valence electrons. The van der Waals surface area contributed by atoms with Gasteiger partial charge in [0.05, 0.1) is 18.1 Å². The Morgan fingerprint density at radius 3 is 2.95 bits per heavy atom. The van der Waals surface area contributed by atoms with Crippen molar-refractivity contribution in [1.82, 2.24) is 14.9 Å². The summed E-state index contributed by atoms with van der Waals surface area (Å²) in [6.45, 7) is 8.53. The molecule has 1 unspecified atom stereocenters. The van der Waals surface area contributed by atoms with Crippen LogP contribution in [0, 0.1) is 13.8 Å². The molecule has 1 N–H and O–H groups in total. The monoisotopic (exact) mass is 255 g/mol. The number of benzene rings is 1. The van der Waals surface area contributed by atoms with Gasteiger partial charge in [-0.25, -0.2) is 4.98 Å². The number of hydrogen-bond acceptors (Lipinski definition) is 2. The van der Waals surface area contributed by atoms with E-state index in [1.165, 1.54) is 28.1 Å². The van der Waals surface area contributed by atoms with Gasteiger partial charge in [0.15, 0.2) is 0 Å². The predicted octanol–water partition coefficient (Wildman–Crippen LogP) is 2.75. The molecule has 19 heavy (non-hydrogen) atoms. The Hall–Kier alpha value is -1.61. The van der Waals surface area contributed by atoms with Crippen molar-refractivity contribution in [3.05, 3.63) is 52.6 Å². The van der Waals surface area contributed by atoms with Gasteiger partial charge in [-0.15, -0.1) is 0 Å². The first-order valence-electron chi connectivity index (χ1n) is 7.05. The standard InChI is InChI=1S/C16H21N3/c1-4-19-10-18-16-14(19)7-8-17-15(16)13-6-5-11(2)9-12(13)3/h5-6,9-10,15,17H,4,7-8H2,1-3H3. The molecule has 1 atom stereocenters. The molecule has 0 amide bonds. The summed E-state index contributed by atoms with van der Waals surface area (Å²) in [7, 11) is 0. The first-order chi connectivity index (χ1) is 9.20. The molecule has 0 saturated heterocycles. The molecular formula is C16H21N3. The summed E-state index contributed by atoms with van der Waals surface area (Å²) < 4.78 is 2.27. The van der Waals surface area contributed by atoms with Crippen LogP contribution in [0.15, 0.2) is 24.5 Å². The van der Waals surface area contributed by atoms with Crippen molar-refractivity contribution in [2.45, 2.75) is 39.8 Å². The van der Waals surface area contributed by atoms with Gasteiger partial charge >= 0.3 is 0 Å². The molecule has 3 heteroatoms. The van der Waals surface area contributed by atoms with Gasteiger partial charge in [-0.05, 0) is 31.9 Å². The lowest BCUT2D eigenvalue weighted by Crippen LogP contribution is -2.32. The fraction of sp³-hybridized carbons (Fsp3) is 0.438. The molecule has 0 aliphatic carbocycles. The number of aryl methyl sites for hydroxylation is 3. The van der Waals surface area contributed by atoms with Gasteiger partial charge in [-0.3, -0.25) is 0 Å². The van der Waals surface area contributed by atoms with Crippen LogP contribution < -0.4 is 5.32 Å². The van der Waals surface area contributed by atoms with Crippen molar-refractivity contribution in [3.63, 3.8) is 0 Å². The van der Waals surface area contributed by atoms with Crippen molar-refractivity contribution in [3.8, 4) is 0 Å². The number of nitrogens with one attached hydrogen (secondary N) is 1. The van der Waals surface area contributed by atoms with E-state index < -0.39 is 0 Å². The average Bonchev–Trinajstić information content (AvgIpc) is 2.82. The number of aromatic nitrogens is 2. The zero-order chi connectivity index (χ0) is 13.4. The molecule has 1 aliphatic heterocycles. The van der Waals surface area contributed by atoms with Crippen LogP contribution in [0.1, 0.15) is 41.0 Å². The Morgan fingerprint density at radius 2 is 2.21 bits per heavy atom. The Bertz CT molecular complexity index is 598. The minimum atomic E-state index is 0.247. The Balaban J connectivity index is 2.06. The van der Waals surface area contributed by atoms with E-state index in [2.05, 4.69) is 53.8 Å². The highest BCUT2D eigenvalue weighted by Crippen LogP contribution is 2.29. The quantitative estimate of drug-likeness (QED) is 0.894. The van der Waals surface area contributed by atoms with Crippen molar-refractivity contribution >= 4 is 0 Å². The summed E-state index contributed by atoms with van der Waals surface area (Å²) >= 11 is 0. The second-order valence-electron chi connectivity index (χ2n) is 5.36. The number of rotatable bonds is 2. The average molecular weight is 255 g/mol. The van der Waals surface area contributed by atoms with E-state index in [0.29, 0.717) is 0 Å². The summed E-state index contributed by atoms with van der Waals surface area (Å²) in [5.41, 5.74) is 6.62. The summed E-state index contributed by atoms with van der Waals surface area (Å²) in [6.07, 6.45) is 3.05. The summed E-state index contributed by atoms with van der Waals surface area (Å²) in [6, 6.07) is 6.93. The predicted molar refractivity (Wildman–Crippen MR) is 77.4 cm³/mol. The van der Waals surface area contributed by atoms with E-state index in [1.54, 1.807) is 0 Å². The van der Waals surface area contributed by atoms with Crippen molar-refractivity contribution in [2.24, 2.45) is 0 Å². The lowest BCUT2D eigenvalue weighted by molar-refractivity contribution is 0.536. The normalized spacial score (nSPS) is 18.4. The Kier molecular flexibility index (Phi) is 3.15. The molecule has 0 spiro atoms. The zero-order valence-electron chi connectivity index (χ0n) is 11.9. The van der Waals surface area contributed by atoms with E-state index in [4.69, 9.17) is 0 Å². The number of nitrogens with zero attached hydrogens (tertiary/aromatic N) is 2. The minimum absolute atomic E-state index is 0.247. The van der Waals surface area contributed by atoms with Gasteiger partial charge in [-0.2, -0.15) is 0 Å². The van der Waals surface area contributed by atoms with Crippen molar-refractivity contribution < 1.29 is 0 Å². The summed E-state index contributed by atoms with van der Waals surface area (Å²) in [5, 5.41) is 3.61. The van der Waals surface area contributed by atoms with E-state index in [-0.39, 0.29) is 6.04 Å². The van der Waals surface area contributed by atoms with Crippen LogP contribution in [-0.2, 0) is 13.0 Å². The van der Waals surface area contributed by atoms with E-state index in [9.17, 15) is 0 Å². The first-order valence-corrected chi connectivity index (χ1v) is 7.05. The maximum Gasteiger partial charge on any atom is 0.0952 e. The molecule has 0 saturated carbocycles. The first kappa shape index (κ1) is 12.4. The summed E-state index contributed by atoms with van der Waals surface area (Å²) in [4.78, 5) is 4.65. The smallest absolute Gasteiger partial charge is 0.0952 e. The van der Waals surface area contributed by atoms with Crippen LogP contribution in [-0.4, -0.2) is 16.1 Å². The number of hydrogen-bond donors (Lipinski definition) is 1.